The molecule has 0 amide bonds. The molecule has 0 aliphatic rings. The van der Waals surface area contributed by atoms with E-state index in [9.17, 15) is 5.11 Å². The minimum atomic E-state index is -0.418. The molecule has 0 bridgehead atoms. The Hall–Kier alpha value is -1.02. The lowest BCUT2D eigenvalue weighted by molar-refractivity contribution is 0.130. The monoisotopic (exact) mass is 194 g/mol. The summed E-state index contributed by atoms with van der Waals surface area (Å²) in [4.78, 5) is 0. The molecule has 0 fully saturated rings. The predicted octanol–water partition coefficient (Wildman–Crippen LogP) is 2.92. The SMILES string of the molecule is CC(O)c1ccc(OC(C)(C)C)cc1. The Labute approximate surface area is 85.5 Å². The van der Waals surface area contributed by atoms with Gasteiger partial charge in [-0.25, -0.2) is 0 Å². The largest absolute Gasteiger partial charge is 0.488 e. The van der Waals surface area contributed by atoms with Crippen molar-refractivity contribution in [1.29, 1.82) is 0 Å². The van der Waals surface area contributed by atoms with Crippen molar-refractivity contribution in [3.8, 4) is 5.75 Å². The summed E-state index contributed by atoms with van der Waals surface area (Å²) >= 11 is 0. The molecular formula is C12H18O2. The van der Waals surface area contributed by atoms with Crippen molar-refractivity contribution in [2.24, 2.45) is 0 Å². The summed E-state index contributed by atoms with van der Waals surface area (Å²) in [6.07, 6.45) is -0.418. The van der Waals surface area contributed by atoms with Crippen molar-refractivity contribution < 1.29 is 9.84 Å². The van der Waals surface area contributed by atoms with Crippen LogP contribution in [0.1, 0.15) is 39.4 Å². The van der Waals surface area contributed by atoms with E-state index in [1.54, 1.807) is 6.92 Å². The molecule has 1 unspecified atom stereocenters. The third kappa shape index (κ3) is 3.38. The van der Waals surface area contributed by atoms with E-state index >= 15 is 0 Å². The molecular weight excluding hydrogens is 176 g/mol. The van der Waals surface area contributed by atoms with Gasteiger partial charge in [0.15, 0.2) is 0 Å². The van der Waals surface area contributed by atoms with E-state index in [0.29, 0.717) is 0 Å². The predicted molar refractivity (Wildman–Crippen MR) is 57.5 cm³/mol. The first-order valence-electron chi connectivity index (χ1n) is 4.85. The Kier molecular flexibility index (Phi) is 3.17. The van der Waals surface area contributed by atoms with E-state index in [0.717, 1.165) is 11.3 Å². The zero-order valence-corrected chi connectivity index (χ0v) is 9.24. The van der Waals surface area contributed by atoms with Crippen LogP contribution in [0.2, 0.25) is 0 Å². The van der Waals surface area contributed by atoms with Gasteiger partial charge in [0.2, 0.25) is 0 Å². The molecule has 0 aromatic heterocycles. The number of aliphatic hydroxyl groups excluding tert-OH is 1. The molecule has 2 nitrogen and oxygen atoms in total. The van der Waals surface area contributed by atoms with E-state index < -0.39 is 6.10 Å². The van der Waals surface area contributed by atoms with Gasteiger partial charge in [0, 0.05) is 0 Å². The normalized spacial score (nSPS) is 13.8. The maximum atomic E-state index is 9.31. The second kappa shape index (κ2) is 4.01. The van der Waals surface area contributed by atoms with Gasteiger partial charge in [0.25, 0.3) is 0 Å². The highest BCUT2D eigenvalue weighted by Crippen LogP contribution is 2.20. The van der Waals surface area contributed by atoms with Gasteiger partial charge < -0.3 is 9.84 Å². The molecule has 1 rings (SSSR count). The van der Waals surface area contributed by atoms with Gasteiger partial charge in [-0.1, -0.05) is 12.1 Å². The minimum absolute atomic E-state index is 0.174. The van der Waals surface area contributed by atoms with Crippen LogP contribution in [0.4, 0.5) is 0 Å². The summed E-state index contributed by atoms with van der Waals surface area (Å²) < 4.78 is 5.65. The molecule has 0 aliphatic heterocycles. The van der Waals surface area contributed by atoms with E-state index in [2.05, 4.69) is 0 Å². The molecule has 1 aromatic rings. The fourth-order valence-corrected chi connectivity index (χ4v) is 1.17. The number of hydrogen-bond acceptors (Lipinski definition) is 2. The Bertz CT molecular complexity index is 280. The van der Waals surface area contributed by atoms with Crippen molar-refractivity contribution in [3.05, 3.63) is 29.8 Å². The van der Waals surface area contributed by atoms with Crippen molar-refractivity contribution in [2.45, 2.75) is 39.4 Å². The quantitative estimate of drug-likeness (QED) is 0.784. The Balaban J connectivity index is 2.74. The molecule has 1 atom stereocenters. The van der Waals surface area contributed by atoms with Crippen molar-refractivity contribution in [2.75, 3.05) is 0 Å². The Morgan fingerprint density at radius 2 is 1.64 bits per heavy atom. The van der Waals surface area contributed by atoms with Crippen LogP contribution in [0.15, 0.2) is 24.3 Å². The molecule has 2 heteroatoms. The van der Waals surface area contributed by atoms with Crippen molar-refractivity contribution in [1.82, 2.24) is 0 Å². The standard InChI is InChI=1S/C12H18O2/c1-9(13)10-5-7-11(8-6-10)14-12(2,3)4/h5-9,13H,1-4H3. The van der Waals surface area contributed by atoms with Crippen LogP contribution in [0, 0.1) is 0 Å². The summed E-state index contributed by atoms with van der Waals surface area (Å²) in [7, 11) is 0. The third-order valence-corrected chi connectivity index (χ3v) is 1.79. The van der Waals surface area contributed by atoms with Gasteiger partial charge in [0.05, 0.1) is 6.10 Å². The highest BCUT2D eigenvalue weighted by atomic mass is 16.5. The molecule has 14 heavy (non-hydrogen) atoms. The highest BCUT2D eigenvalue weighted by molar-refractivity contribution is 5.28. The smallest absolute Gasteiger partial charge is 0.120 e. The highest BCUT2D eigenvalue weighted by Gasteiger charge is 2.11. The summed E-state index contributed by atoms with van der Waals surface area (Å²) in [5, 5.41) is 9.31. The topological polar surface area (TPSA) is 29.5 Å². The minimum Gasteiger partial charge on any atom is -0.488 e. The summed E-state index contributed by atoms with van der Waals surface area (Å²) in [6.45, 7) is 7.78. The molecule has 0 aliphatic carbocycles. The second-order valence-corrected chi connectivity index (χ2v) is 4.46. The molecule has 0 heterocycles. The number of aliphatic hydroxyl groups is 1. The van der Waals surface area contributed by atoms with E-state index in [1.807, 2.05) is 45.0 Å². The molecule has 0 spiro atoms. The zero-order chi connectivity index (χ0) is 10.8. The second-order valence-electron chi connectivity index (χ2n) is 4.46. The Morgan fingerprint density at radius 1 is 1.14 bits per heavy atom. The maximum Gasteiger partial charge on any atom is 0.120 e. The zero-order valence-electron chi connectivity index (χ0n) is 9.24. The fraction of sp³-hybridized carbons (Fsp3) is 0.500. The summed E-state index contributed by atoms with van der Waals surface area (Å²) in [6, 6.07) is 7.53. The summed E-state index contributed by atoms with van der Waals surface area (Å²) in [5.41, 5.74) is 0.734. The lowest BCUT2D eigenvalue weighted by atomic mass is 10.1. The van der Waals surface area contributed by atoms with Gasteiger partial charge in [0.1, 0.15) is 11.4 Å². The average Bonchev–Trinajstić information content (AvgIpc) is 2.02. The van der Waals surface area contributed by atoms with Crippen LogP contribution in [0.25, 0.3) is 0 Å². The number of rotatable bonds is 2. The Morgan fingerprint density at radius 3 is 2.00 bits per heavy atom. The van der Waals surface area contributed by atoms with Crippen LogP contribution in [0.5, 0.6) is 5.75 Å². The first kappa shape index (κ1) is 11.1. The maximum absolute atomic E-state index is 9.31. The van der Waals surface area contributed by atoms with Gasteiger partial charge in [-0.15, -0.1) is 0 Å². The molecule has 78 valence electrons. The number of ether oxygens (including phenoxy) is 1. The van der Waals surface area contributed by atoms with Crippen LogP contribution < -0.4 is 4.74 Å². The molecule has 0 saturated heterocycles. The van der Waals surface area contributed by atoms with Crippen LogP contribution in [0.3, 0.4) is 0 Å². The van der Waals surface area contributed by atoms with E-state index in [4.69, 9.17) is 4.74 Å². The van der Waals surface area contributed by atoms with Crippen molar-refractivity contribution >= 4 is 0 Å². The average molecular weight is 194 g/mol. The first-order valence-corrected chi connectivity index (χ1v) is 4.85. The molecule has 0 radical (unpaired) electrons. The van der Waals surface area contributed by atoms with E-state index in [-0.39, 0.29) is 5.60 Å². The number of benzene rings is 1. The summed E-state index contributed by atoms with van der Waals surface area (Å²) in [5.74, 6) is 0.835. The van der Waals surface area contributed by atoms with Crippen LogP contribution >= 0.6 is 0 Å². The lowest BCUT2D eigenvalue weighted by Gasteiger charge is -2.21. The van der Waals surface area contributed by atoms with Gasteiger partial charge in [-0.2, -0.15) is 0 Å². The van der Waals surface area contributed by atoms with Crippen LogP contribution in [-0.2, 0) is 0 Å². The molecule has 1 aromatic carbocycles. The molecule has 0 saturated carbocycles. The third-order valence-electron chi connectivity index (χ3n) is 1.79. The van der Waals surface area contributed by atoms with Gasteiger partial charge in [-0.05, 0) is 45.4 Å². The van der Waals surface area contributed by atoms with E-state index in [1.165, 1.54) is 0 Å². The first-order chi connectivity index (χ1) is 6.38. The number of hydrogen-bond donors (Lipinski definition) is 1. The van der Waals surface area contributed by atoms with Crippen LogP contribution in [-0.4, -0.2) is 10.7 Å². The fourth-order valence-electron chi connectivity index (χ4n) is 1.17. The lowest BCUT2D eigenvalue weighted by Crippen LogP contribution is -2.22. The molecule has 1 N–H and O–H groups in total. The van der Waals surface area contributed by atoms with Gasteiger partial charge in [-0.3, -0.25) is 0 Å². The van der Waals surface area contributed by atoms with Gasteiger partial charge >= 0.3 is 0 Å². The van der Waals surface area contributed by atoms with Crippen molar-refractivity contribution in [3.63, 3.8) is 0 Å².